The van der Waals surface area contributed by atoms with E-state index in [4.69, 9.17) is 24.1 Å². The summed E-state index contributed by atoms with van der Waals surface area (Å²) in [5.74, 6) is 1.42. The zero-order valence-electron chi connectivity index (χ0n) is 21.1. The number of nitrogens with zero attached hydrogens (tertiary/aromatic N) is 3. The Bertz CT molecular complexity index is 1410. The molecule has 0 saturated carbocycles. The van der Waals surface area contributed by atoms with Crippen molar-refractivity contribution in [2.24, 2.45) is 5.92 Å². The highest BCUT2D eigenvalue weighted by Gasteiger charge is 2.32. The Hall–Kier alpha value is -2.14. The van der Waals surface area contributed by atoms with Crippen LogP contribution < -0.4 is 5.32 Å². The van der Waals surface area contributed by atoms with Gasteiger partial charge in [0.25, 0.3) is 0 Å². The average Bonchev–Trinajstić information content (AvgIpc) is 3.47. The molecule has 1 N–H and O–H groups in total. The third kappa shape index (κ3) is 5.27. The van der Waals surface area contributed by atoms with E-state index in [1.807, 2.05) is 18.4 Å². The molecule has 1 amide bonds. The van der Waals surface area contributed by atoms with Crippen LogP contribution in [0.15, 0.2) is 33.0 Å². The molecule has 1 aliphatic heterocycles. The van der Waals surface area contributed by atoms with Crippen molar-refractivity contribution in [3.63, 3.8) is 0 Å². The first-order valence-electron chi connectivity index (χ1n) is 12.0. The van der Waals surface area contributed by atoms with Gasteiger partial charge in [-0.2, -0.15) is 0 Å². The smallest absolute Gasteiger partial charge is 0.230 e. The first-order valence-corrected chi connectivity index (χ1v) is 15.0. The first-order chi connectivity index (χ1) is 17.2. The molecule has 4 aromatic rings. The van der Waals surface area contributed by atoms with Gasteiger partial charge in [0.05, 0.1) is 41.0 Å². The molecule has 4 aromatic heterocycles. The minimum absolute atomic E-state index is 0.0661. The van der Waals surface area contributed by atoms with Gasteiger partial charge in [-0.1, -0.05) is 37.4 Å². The van der Waals surface area contributed by atoms with Crippen molar-refractivity contribution in [2.75, 3.05) is 12.0 Å². The maximum absolute atomic E-state index is 12.5. The average molecular weight is 543 g/mol. The van der Waals surface area contributed by atoms with Gasteiger partial charge in [-0.3, -0.25) is 4.79 Å². The SMILES string of the molecule is CSc1nc(SCC(=O)NCc2ccco2)c2sc3nc(CC(C)C)c4c(c3c2n1)CC(C)(C)OC4. The summed E-state index contributed by atoms with van der Waals surface area (Å²) in [4.78, 5) is 28.4. The molecule has 190 valence electrons. The highest BCUT2D eigenvalue weighted by atomic mass is 32.2. The number of carbonyl (C=O) groups excluding carboxylic acids is 1. The van der Waals surface area contributed by atoms with Crippen molar-refractivity contribution in [3.8, 4) is 0 Å². The van der Waals surface area contributed by atoms with Gasteiger partial charge in [0.2, 0.25) is 5.91 Å². The van der Waals surface area contributed by atoms with Gasteiger partial charge in [0.1, 0.15) is 15.6 Å². The predicted molar refractivity (Wildman–Crippen MR) is 147 cm³/mol. The standard InChI is InChI=1S/C26H30N4O3S3/c1-14(2)9-18-17-12-33-26(3,4)10-16(17)20-21-22(36-23(20)28-18)24(30-25(29-21)34-5)35-13-19(31)27-11-15-7-6-8-32-15/h6-8,14H,9-13H2,1-5H3,(H,27,31). The molecule has 0 aromatic carbocycles. The summed E-state index contributed by atoms with van der Waals surface area (Å²) >= 11 is 4.59. The number of pyridine rings is 1. The fraction of sp³-hybridized carbons (Fsp3) is 0.462. The van der Waals surface area contributed by atoms with E-state index in [0.29, 0.717) is 24.2 Å². The van der Waals surface area contributed by atoms with Gasteiger partial charge in [-0.15, -0.1) is 11.3 Å². The van der Waals surface area contributed by atoms with Gasteiger partial charge < -0.3 is 14.5 Å². The van der Waals surface area contributed by atoms with Crippen LogP contribution in [0.4, 0.5) is 0 Å². The summed E-state index contributed by atoms with van der Waals surface area (Å²) in [6, 6.07) is 3.66. The van der Waals surface area contributed by atoms with Crippen LogP contribution in [0.2, 0.25) is 0 Å². The van der Waals surface area contributed by atoms with Crippen molar-refractivity contribution in [3.05, 3.63) is 41.0 Å². The molecule has 7 nitrogen and oxygen atoms in total. The second kappa shape index (κ2) is 10.3. The van der Waals surface area contributed by atoms with Crippen LogP contribution in [0, 0.1) is 5.92 Å². The number of rotatable bonds is 8. The summed E-state index contributed by atoms with van der Waals surface area (Å²) in [7, 11) is 0. The maximum Gasteiger partial charge on any atom is 0.230 e. The Morgan fingerprint density at radius 3 is 2.81 bits per heavy atom. The maximum atomic E-state index is 12.5. The molecule has 10 heteroatoms. The summed E-state index contributed by atoms with van der Waals surface area (Å²) in [6.45, 7) is 9.67. The molecule has 36 heavy (non-hydrogen) atoms. The van der Waals surface area contributed by atoms with Crippen LogP contribution in [-0.4, -0.2) is 38.5 Å². The predicted octanol–water partition coefficient (Wildman–Crippen LogP) is 6.01. The minimum atomic E-state index is -0.246. The van der Waals surface area contributed by atoms with Crippen LogP contribution >= 0.6 is 34.9 Å². The zero-order chi connectivity index (χ0) is 25.4. The number of nitrogens with one attached hydrogen (secondary N) is 1. The van der Waals surface area contributed by atoms with Crippen molar-refractivity contribution in [2.45, 2.75) is 69.5 Å². The minimum Gasteiger partial charge on any atom is -0.467 e. The molecule has 1 aliphatic rings. The Morgan fingerprint density at radius 2 is 2.08 bits per heavy atom. The highest BCUT2D eigenvalue weighted by molar-refractivity contribution is 8.00. The number of thioether (sulfide) groups is 2. The quantitative estimate of drug-likeness (QED) is 0.164. The lowest BCUT2D eigenvalue weighted by Gasteiger charge is -2.33. The van der Waals surface area contributed by atoms with Gasteiger partial charge in [0.15, 0.2) is 5.16 Å². The molecule has 0 radical (unpaired) electrons. The molecule has 0 unspecified atom stereocenters. The molecule has 0 spiro atoms. The van der Waals surface area contributed by atoms with Crippen molar-refractivity contribution in [1.29, 1.82) is 0 Å². The van der Waals surface area contributed by atoms with Crippen LogP contribution in [0.3, 0.4) is 0 Å². The van der Waals surface area contributed by atoms with Gasteiger partial charge in [0, 0.05) is 23.1 Å². The van der Waals surface area contributed by atoms with E-state index >= 15 is 0 Å². The molecular formula is C26H30N4O3S3. The lowest BCUT2D eigenvalue weighted by molar-refractivity contribution is -0.118. The Balaban J connectivity index is 1.55. The molecular weight excluding hydrogens is 513 g/mol. The number of carbonyl (C=O) groups is 1. The van der Waals surface area contributed by atoms with Gasteiger partial charge in [-0.05, 0) is 50.1 Å². The summed E-state index contributed by atoms with van der Waals surface area (Å²) in [5.41, 5.74) is 4.33. The number of ether oxygens (including phenoxy) is 1. The molecule has 5 heterocycles. The van der Waals surface area contributed by atoms with Crippen molar-refractivity contribution in [1.82, 2.24) is 20.3 Å². The van der Waals surface area contributed by atoms with E-state index in [-0.39, 0.29) is 17.3 Å². The van der Waals surface area contributed by atoms with Gasteiger partial charge in [-0.25, -0.2) is 15.0 Å². The number of hydrogen-bond donors (Lipinski definition) is 1. The van der Waals surface area contributed by atoms with Crippen LogP contribution in [0.1, 0.15) is 50.3 Å². The monoisotopic (exact) mass is 542 g/mol. The second-order valence-electron chi connectivity index (χ2n) is 9.96. The van der Waals surface area contributed by atoms with E-state index in [2.05, 4.69) is 33.0 Å². The highest BCUT2D eigenvalue weighted by Crippen LogP contribution is 2.43. The van der Waals surface area contributed by atoms with E-state index in [1.165, 1.54) is 34.7 Å². The topological polar surface area (TPSA) is 90.1 Å². The lowest BCUT2D eigenvalue weighted by atomic mass is 9.88. The van der Waals surface area contributed by atoms with E-state index < -0.39 is 0 Å². The number of hydrogen-bond acceptors (Lipinski definition) is 9. The first kappa shape index (κ1) is 25.5. The number of furan rings is 1. The fourth-order valence-corrected chi connectivity index (χ4v) is 6.95. The molecule has 0 bridgehead atoms. The second-order valence-corrected chi connectivity index (χ2v) is 12.7. The zero-order valence-corrected chi connectivity index (χ0v) is 23.6. The van der Waals surface area contributed by atoms with Crippen molar-refractivity contribution < 1.29 is 13.9 Å². The number of thiophene rings is 1. The molecule has 0 atom stereocenters. The Labute approximate surface area is 223 Å². The summed E-state index contributed by atoms with van der Waals surface area (Å²) in [5, 5.41) is 5.56. The number of amides is 1. The summed E-state index contributed by atoms with van der Waals surface area (Å²) < 4.78 is 12.5. The van der Waals surface area contributed by atoms with Crippen LogP contribution in [0.25, 0.3) is 20.4 Å². The Kier molecular flexibility index (Phi) is 7.31. The van der Waals surface area contributed by atoms with Gasteiger partial charge >= 0.3 is 0 Å². The number of aromatic nitrogens is 3. The fourth-order valence-electron chi connectivity index (χ4n) is 4.42. The van der Waals surface area contributed by atoms with Crippen LogP contribution in [-0.2, 0) is 35.5 Å². The van der Waals surface area contributed by atoms with Crippen molar-refractivity contribution >= 4 is 61.2 Å². The summed E-state index contributed by atoms with van der Waals surface area (Å²) in [6.07, 6.45) is 5.31. The molecule has 0 saturated heterocycles. The largest absolute Gasteiger partial charge is 0.467 e. The lowest BCUT2D eigenvalue weighted by Crippen LogP contribution is -2.33. The third-order valence-electron chi connectivity index (χ3n) is 6.09. The van der Waals surface area contributed by atoms with E-state index in [9.17, 15) is 4.79 Å². The number of fused-ring (bicyclic) bond motifs is 5. The van der Waals surface area contributed by atoms with E-state index in [1.54, 1.807) is 17.6 Å². The molecule has 5 rings (SSSR count). The Morgan fingerprint density at radius 1 is 1.25 bits per heavy atom. The van der Waals surface area contributed by atoms with E-state index in [0.717, 1.165) is 49.8 Å². The normalized spacial score (nSPS) is 15.1. The van der Waals surface area contributed by atoms with Crippen LogP contribution in [0.5, 0.6) is 0 Å². The molecule has 0 fully saturated rings. The third-order valence-corrected chi connectivity index (χ3v) is 8.82. The molecule has 0 aliphatic carbocycles.